The Labute approximate surface area is 351 Å². The van der Waals surface area contributed by atoms with Gasteiger partial charge in [0.2, 0.25) is 5.69 Å². The van der Waals surface area contributed by atoms with Gasteiger partial charge in [0.05, 0.1) is 29.5 Å². The molecule has 0 spiro atoms. The summed E-state index contributed by atoms with van der Waals surface area (Å²) in [6.07, 6.45) is 17.0. The van der Waals surface area contributed by atoms with Crippen LogP contribution in [0.3, 0.4) is 0 Å². The first-order valence-electron chi connectivity index (χ1n) is 19.9. The number of carboxylic acid groups (broad SMARTS) is 2. The van der Waals surface area contributed by atoms with Crippen LogP contribution in [0.5, 0.6) is 0 Å². The number of carboxylic acids is 2. The monoisotopic (exact) mass is 855 g/mol. The van der Waals surface area contributed by atoms with Crippen LogP contribution in [0.2, 0.25) is 0 Å². The van der Waals surface area contributed by atoms with Gasteiger partial charge in [-0.25, -0.2) is 8.42 Å². The normalized spacial score (nSPS) is 18.0. The van der Waals surface area contributed by atoms with Crippen LogP contribution < -0.4 is 10.2 Å². The Morgan fingerprint density at radius 3 is 2.19 bits per heavy atom. The minimum absolute atomic E-state index is 0.0658. The lowest BCUT2D eigenvalue weighted by atomic mass is 9.77. The van der Waals surface area contributed by atoms with E-state index < -0.39 is 32.9 Å². The molecule has 2 aliphatic rings. The number of carbonyl (C=O) groups is 3. The first-order chi connectivity index (χ1) is 28.0. The summed E-state index contributed by atoms with van der Waals surface area (Å²) in [6, 6.07) is 10.3. The van der Waals surface area contributed by atoms with Crippen molar-refractivity contribution < 1.29 is 61.5 Å². The van der Waals surface area contributed by atoms with Gasteiger partial charge in [-0.3, -0.25) is 19.4 Å². The fourth-order valence-corrected chi connectivity index (χ4v) is 8.91. The number of hydrogen-bond donors (Lipinski definition) is 2. The van der Waals surface area contributed by atoms with E-state index in [9.17, 15) is 32.6 Å². The lowest BCUT2D eigenvalue weighted by Gasteiger charge is -2.30. The van der Waals surface area contributed by atoms with E-state index in [1.807, 2.05) is 55.5 Å². The molecule has 16 heteroatoms. The van der Waals surface area contributed by atoms with Crippen molar-refractivity contribution in [3.8, 4) is 0 Å². The number of allylic oxidation sites excluding steroid dienone is 6. The molecule has 14 nitrogen and oxygen atoms in total. The summed E-state index contributed by atoms with van der Waals surface area (Å²) in [5.41, 5.74) is 4.29. The highest BCUT2D eigenvalue weighted by molar-refractivity contribution is 7.94. The van der Waals surface area contributed by atoms with Gasteiger partial charge in [0.1, 0.15) is 16.7 Å². The summed E-state index contributed by atoms with van der Waals surface area (Å²) < 4.78 is 48.3. The van der Waals surface area contributed by atoms with Crippen molar-refractivity contribution in [3.05, 3.63) is 83.6 Å². The molecule has 0 aliphatic carbocycles. The smallest absolute Gasteiger partial charge is 0.305 e. The lowest BCUT2D eigenvalue weighted by molar-refractivity contribution is -0.777. The van der Waals surface area contributed by atoms with Crippen LogP contribution in [0.1, 0.15) is 115 Å². The van der Waals surface area contributed by atoms with E-state index in [1.54, 1.807) is 6.07 Å². The number of anilines is 1. The minimum atomic E-state index is -4.74. The Kier molecular flexibility index (Phi) is 17.5. The number of ether oxygens (including phenoxy) is 1. The third-order valence-corrected chi connectivity index (χ3v) is 12.5. The number of benzene rings is 2. The predicted molar refractivity (Wildman–Crippen MR) is 220 cm³/mol. The molecule has 4 rings (SSSR count). The summed E-state index contributed by atoms with van der Waals surface area (Å²) in [4.78, 5) is 36.5. The second-order valence-electron chi connectivity index (χ2n) is 15.5. The van der Waals surface area contributed by atoms with Crippen LogP contribution in [0.4, 0.5) is 11.4 Å². The lowest BCUT2D eigenvalue weighted by Crippen LogP contribution is -2.29. The summed E-state index contributed by atoms with van der Waals surface area (Å²) in [7, 11) is -3.39. The zero-order chi connectivity index (χ0) is 43.2. The van der Waals surface area contributed by atoms with Gasteiger partial charge in [-0.05, 0) is 101 Å². The van der Waals surface area contributed by atoms with E-state index in [4.69, 9.17) is 14.9 Å². The molecule has 0 saturated heterocycles. The third-order valence-electron chi connectivity index (χ3n) is 11.1. The van der Waals surface area contributed by atoms with Crippen LogP contribution >= 0.6 is 12.0 Å². The van der Waals surface area contributed by atoms with E-state index in [0.29, 0.717) is 68.5 Å². The van der Waals surface area contributed by atoms with Gasteiger partial charge in [0, 0.05) is 71.6 Å². The molecular weight excluding hydrogens is 801 g/mol. The van der Waals surface area contributed by atoms with E-state index in [2.05, 4.69) is 32.7 Å². The van der Waals surface area contributed by atoms with Gasteiger partial charge >= 0.3 is 17.9 Å². The number of carbonyl (C=O) groups excluding carboxylic acids is 1. The molecule has 2 N–H and O–H groups in total. The van der Waals surface area contributed by atoms with Crippen molar-refractivity contribution in [2.75, 3.05) is 25.1 Å². The van der Waals surface area contributed by atoms with Crippen LogP contribution in [-0.2, 0) is 49.4 Å². The quantitative estimate of drug-likeness (QED) is 0.0146. The van der Waals surface area contributed by atoms with Gasteiger partial charge in [-0.15, -0.1) is 0 Å². The molecule has 0 aromatic heterocycles. The zero-order valence-corrected chi connectivity index (χ0v) is 35.8. The van der Waals surface area contributed by atoms with Crippen molar-refractivity contribution in [3.63, 3.8) is 0 Å². The van der Waals surface area contributed by atoms with Crippen molar-refractivity contribution >= 4 is 57.2 Å². The predicted octanol–water partition coefficient (Wildman–Crippen LogP) is 7.39. The molecule has 2 aliphatic heterocycles. The Morgan fingerprint density at radius 2 is 1.53 bits per heavy atom. The number of unbranched alkanes of at least 4 members (excludes halogenated alkanes) is 6. The topological polar surface area (TPSA) is 206 Å². The maximum absolute atomic E-state index is 12.2. The summed E-state index contributed by atoms with van der Waals surface area (Å²) in [5.74, 6) is -1.96. The van der Waals surface area contributed by atoms with Crippen LogP contribution in [0.25, 0.3) is 0 Å². The Morgan fingerprint density at radius 1 is 0.847 bits per heavy atom. The van der Waals surface area contributed by atoms with Crippen molar-refractivity contribution in [2.24, 2.45) is 0 Å². The van der Waals surface area contributed by atoms with E-state index >= 15 is 0 Å². The molecule has 2 aromatic carbocycles. The maximum atomic E-state index is 12.2. The standard InChI is InChI=1S/C43H56N2O12S2/c1-42(2)33-29-31(58-57-56-51)22-24-35(33)44(27-15-7-11-19-39(46)47)37(42)17-9-5-10-18-38-43(3,26-14-6-13-21-41(50)55-4)34-30-32(59(52,53)54)23-25-36(34)45(38)28-16-8-12-20-40(48)49/h5,9-10,17-18,22-25,29-30H,6-8,11-16,19-21,26-28H2,1-4H3,(H3-,46,47,48,49,51,52,53,54)/p-1. The Balaban J connectivity index is 1.70. The minimum Gasteiger partial charge on any atom is -0.744 e. The molecule has 2 heterocycles. The molecule has 1 atom stereocenters. The van der Waals surface area contributed by atoms with Crippen molar-refractivity contribution in [2.45, 2.75) is 125 Å². The molecular formula is C43H55N2O12S2-. The summed E-state index contributed by atoms with van der Waals surface area (Å²) >= 11 is 0.823. The molecule has 0 saturated carbocycles. The van der Waals surface area contributed by atoms with Crippen LogP contribution in [0, 0.1) is 0 Å². The Hall–Kier alpha value is -4.32. The number of esters is 1. The van der Waals surface area contributed by atoms with Gasteiger partial charge in [-0.2, -0.15) is 8.91 Å². The first-order valence-corrected chi connectivity index (χ1v) is 22.1. The molecule has 322 valence electrons. The average molecular weight is 856 g/mol. The molecule has 59 heavy (non-hydrogen) atoms. The fraction of sp³-hybridized carbons (Fsp3) is 0.488. The van der Waals surface area contributed by atoms with Gasteiger partial charge in [0.15, 0.2) is 5.71 Å². The summed E-state index contributed by atoms with van der Waals surface area (Å²) in [5, 5.41) is 32.3. The van der Waals surface area contributed by atoms with E-state index in [0.717, 1.165) is 59.7 Å². The Bertz CT molecular complexity index is 2060. The SMILES string of the molecule is COC(=O)CCCCCC1(C)C(=CC=CC=CC2=[N+](CCCCCC(=O)O)c3ccc(SOO[O-])cc3C2(C)C)N(CCCCCC(=O)O)c2ccc(S(=O)(=O)[O-])cc21. The second-order valence-corrected chi connectivity index (χ2v) is 17.7. The first kappa shape index (κ1) is 47.4. The second kappa shape index (κ2) is 21.8. The molecule has 0 bridgehead atoms. The number of methoxy groups -OCH3 is 1. The zero-order valence-electron chi connectivity index (χ0n) is 34.1. The van der Waals surface area contributed by atoms with Gasteiger partial charge in [0.25, 0.3) is 0 Å². The molecule has 0 radical (unpaired) electrons. The largest absolute Gasteiger partial charge is 0.744 e. The summed E-state index contributed by atoms with van der Waals surface area (Å²) in [6.45, 7) is 7.46. The van der Waals surface area contributed by atoms with Gasteiger partial charge in [-0.1, -0.05) is 37.5 Å². The fourth-order valence-electron chi connectivity index (χ4n) is 8.02. The number of rotatable bonds is 25. The van der Waals surface area contributed by atoms with Gasteiger partial charge < -0.3 is 29.7 Å². The van der Waals surface area contributed by atoms with Crippen LogP contribution in [-0.4, -0.2) is 71.6 Å². The molecule has 2 aromatic rings. The molecule has 0 fully saturated rings. The average Bonchev–Trinajstić information content (AvgIpc) is 3.54. The highest BCUT2D eigenvalue weighted by Crippen LogP contribution is 2.51. The number of nitrogens with zero attached hydrogens (tertiary/aromatic N) is 2. The number of hydrogen-bond acceptors (Lipinski definition) is 12. The highest BCUT2D eigenvalue weighted by atomic mass is 32.2. The number of aliphatic carboxylic acids is 2. The maximum Gasteiger partial charge on any atom is 0.305 e. The molecule has 0 amide bonds. The third kappa shape index (κ3) is 12.6. The van der Waals surface area contributed by atoms with E-state index in [1.165, 1.54) is 19.2 Å². The number of fused-ring (bicyclic) bond motifs is 2. The molecule has 1 unspecified atom stereocenters. The van der Waals surface area contributed by atoms with E-state index in [-0.39, 0.29) is 30.1 Å². The van der Waals surface area contributed by atoms with Crippen molar-refractivity contribution in [1.82, 2.24) is 0 Å². The highest BCUT2D eigenvalue weighted by Gasteiger charge is 2.45. The van der Waals surface area contributed by atoms with Crippen LogP contribution in [0.15, 0.2) is 82.3 Å². The van der Waals surface area contributed by atoms with Crippen molar-refractivity contribution in [1.29, 1.82) is 0 Å².